The Morgan fingerprint density at radius 2 is 2.19 bits per heavy atom. The molecule has 0 radical (unpaired) electrons. The smallest absolute Gasteiger partial charge is 0.203 e. The molecular weight excluding hydrogens is 202 g/mol. The van der Waals surface area contributed by atoms with Gasteiger partial charge in [0.05, 0.1) is 0 Å². The maximum absolute atomic E-state index is 4.31. The number of aromatic nitrogens is 4. The van der Waals surface area contributed by atoms with Gasteiger partial charge in [-0.3, -0.25) is 4.40 Å². The number of hydrogen-bond acceptors (Lipinski definition) is 4. The van der Waals surface area contributed by atoms with E-state index < -0.39 is 0 Å². The fraction of sp³-hybridized carbons (Fsp3) is 0.545. The molecule has 1 atom stereocenters. The number of anilines is 1. The Balaban J connectivity index is 2.42. The molecule has 0 aliphatic carbocycles. The van der Waals surface area contributed by atoms with Crippen LogP contribution in [0.1, 0.15) is 33.0 Å². The van der Waals surface area contributed by atoms with E-state index in [0.717, 1.165) is 30.1 Å². The van der Waals surface area contributed by atoms with Crippen molar-refractivity contribution >= 4 is 11.5 Å². The van der Waals surface area contributed by atoms with Gasteiger partial charge in [-0.25, -0.2) is 4.98 Å². The van der Waals surface area contributed by atoms with Crippen molar-refractivity contribution in [3.63, 3.8) is 0 Å². The highest BCUT2D eigenvalue weighted by atomic mass is 15.3. The van der Waals surface area contributed by atoms with Gasteiger partial charge in [-0.2, -0.15) is 0 Å². The Morgan fingerprint density at radius 1 is 1.38 bits per heavy atom. The number of fused-ring (bicyclic) bond motifs is 1. The van der Waals surface area contributed by atoms with E-state index in [1.165, 1.54) is 0 Å². The zero-order valence-electron chi connectivity index (χ0n) is 9.94. The predicted octanol–water partition coefficient (Wildman–Crippen LogP) is 1.90. The molecule has 0 spiro atoms. The van der Waals surface area contributed by atoms with Gasteiger partial charge in [0.1, 0.15) is 5.82 Å². The second-order valence-corrected chi connectivity index (χ2v) is 3.89. The summed E-state index contributed by atoms with van der Waals surface area (Å²) < 4.78 is 1.98. The molecule has 0 fully saturated rings. The molecule has 5 nitrogen and oxygen atoms in total. The topological polar surface area (TPSA) is 55.1 Å². The summed E-state index contributed by atoms with van der Waals surface area (Å²) in [6.45, 7) is 6.33. The van der Waals surface area contributed by atoms with Crippen LogP contribution < -0.4 is 5.32 Å². The Labute approximate surface area is 94.9 Å². The first-order valence-corrected chi connectivity index (χ1v) is 5.71. The summed E-state index contributed by atoms with van der Waals surface area (Å²) >= 11 is 0. The first-order valence-electron chi connectivity index (χ1n) is 5.71. The summed E-state index contributed by atoms with van der Waals surface area (Å²) in [5, 5.41) is 11.6. The lowest BCUT2D eigenvalue weighted by molar-refractivity contribution is 0.758. The van der Waals surface area contributed by atoms with E-state index in [1.807, 2.05) is 10.6 Å². The van der Waals surface area contributed by atoms with Crippen LogP contribution >= 0.6 is 0 Å². The van der Waals surface area contributed by atoms with Gasteiger partial charge >= 0.3 is 0 Å². The van der Waals surface area contributed by atoms with Crippen LogP contribution in [0.2, 0.25) is 0 Å². The minimum atomic E-state index is 0.389. The molecule has 2 rings (SSSR count). The average Bonchev–Trinajstić information content (AvgIpc) is 2.73. The van der Waals surface area contributed by atoms with Crippen LogP contribution in [-0.2, 0) is 6.42 Å². The number of nitrogens with one attached hydrogen (secondary N) is 1. The SMILES string of the molecule is CCc1nnc2c(NC(C)CC)nccn12. The Kier molecular flexibility index (Phi) is 3.03. The molecule has 0 aliphatic heterocycles. The maximum Gasteiger partial charge on any atom is 0.203 e. The second kappa shape index (κ2) is 4.47. The Morgan fingerprint density at radius 3 is 2.88 bits per heavy atom. The molecule has 1 unspecified atom stereocenters. The fourth-order valence-electron chi connectivity index (χ4n) is 1.55. The molecular formula is C11H17N5. The molecule has 2 aromatic rings. The van der Waals surface area contributed by atoms with Gasteiger partial charge < -0.3 is 5.32 Å². The van der Waals surface area contributed by atoms with Crippen molar-refractivity contribution in [2.75, 3.05) is 5.32 Å². The van der Waals surface area contributed by atoms with Crippen molar-refractivity contribution in [3.8, 4) is 0 Å². The van der Waals surface area contributed by atoms with Crippen LogP contribution in [0.15, 0.2) is 12.4 Å². The lowest BCUT2D eigenvalue weighted by atomic mass is 10.2. The van der Waals surface area contributed by atoms with Crippen molar-refractivity contribution in [2.45, 2.75) is 39.7 Å². The van der Waals surface area contributed by atoms with Gasteiger partial charge in [0.15, 0.2) is 5.82 Å². The summed E-state index contributed by atoms with van der Waals surface area (Å²) in [6, 6.07) is 0.389. The van der Waals surface area contributed by atoms with Crippen molar-refractivity contribution < 1.29 is 0 Å². The van der Waals surface area contributed by atoms with Gasteiger partial charge in [-0.05, 0) is 13.3 Å². The fourth-order valence-corrected chi connectivity index (χ4v) is 1.55. The minimum Gasteiger partial charge on any atom is -0.364 e. The van der Waals surface area contributed by atoms with Gasteiger partial charge in [0.2, 0.25) is 5.65 Å². The molecule has 0 amide bonds. The van der Waals surface area contributed by atoms with Crippen molar-refractivity contribution in [1.82, 2.24) is 19.6 Å². The molecule has 0 saturated carbocycles. The first-order chi connectivity index (χ1) is 7.76. The van der Waals surface area contributed by atoms with Crippen molar-refractivity contribution in [1.29, 1.82) is 0 Å². The molecule has 0 aromatic carbocycles. The summed E-state index contributed by atoms with van der Waals surface area (Å²) in [7, 11) is 0. The Hall–Kier alpha value is -1.65. The number of aryl methyl sites for hydroxylation is 1. The minimum absolute atomic E-state index is 0.389. The largest absolute Gasteiger partial charge is 0.364 e. The third-order valence-corrected chi connectivity index (χ3v) is 2.71. The quantitative estimate of drug-likeness (QED) is 0.853. The molecule has 86 valence electrons. The van der Waals surface area contributed by atoms with Crippen LogP contribution in [0.25, 0.3) is 5.65 Å². The predicted molar refractivity (Wildman–Crippen MR) is 63.5 cm³/mol. The number of hydrogen-bond donors (Lipinski definition) is 1. The summed E-state index contributed by atoms with van der Waals surface area (Å²) in [4.78, 5) is 4.31. The highest BCUT2D eigenvalue weighted by Crippen LogP contribution is 2.14. The van der Waals surface area contributed by atoms with E-state index in [1.54, 1.807) is 6.20 Å². The number of rotatable bonds is 4. The molecule has 2 heterocycles. The highest BCUT2D eigenvalue weighted by molar-refractivity contribution is 5.62. The summed E-state index contributed by atoms with van der Waals surface area (Å²) in [5.41, 5.74) is 0.805. The van der Waals surface area contributed by atoms with Crippen LogP contribution in [0.4, 0.5) is 5.82 Å². The van der Waals surface area contributed by atoms with Crippen LogP contribution in [0.5, 0.6) is 0 Å². The van der Waals surface area contributed by atoms with E-state index in [2.05, 4.69) is 41.3 Å². The Bertz CT molecular complexity index is 476. The number of nitrogens with zero attached hydrogens (tertiary/aromatic N) is 4. The maximum atomic E-state index is 4.31. The molecule has 1 N–H and O–H groups in total. The van der Waals surface area contributed by atoms with E-state index >= 15 is 0 Å². The molecule has 0 saturated heterocycles. The third-order valence-electron chi connectivity index (χ3n) is 2.71. The lowest BCUT2D eigenvalue weighted by Gasteiger charge is -2.11. The van der Waals surface area contributed by atoms with E-state index in [0.29, 0.717) is 6.04 Å². The lowest BCUT2D eigenvalue weighted by Crippen LogP contribution is -2.15. The highest BCUT2D eigenvalue weighted by Gasteiger charge is 2.10. The second-order valence-electron chi connectivity index (χ2n) is 3.89. The molecule has 0 aliphatic rings. The van der Waals surface area contributed by atoms with Gasteiger partial charge in [-0.15, -0.1) is 10.2 Å². The van der Waals surface area contributed by atoms with Crippen LogP contribution in [0, 0.1) is 0 Å². The molecule has 16 heavy (non-hydrogen) atoms. The van der Waals surface area contributed by atoms with Crippen molar-refractivity contribution in [3.05, 3.63) is 18.2 Å². The van der Waals surface area contributed by atoms with Gasteiger partial charge in [0.25, 0.3) is 0 Å². The standard InChI is InChI=1S/C11H17N5/c1-4-8(3)13-10-11-15-14-9(5-2)16(11)7-6-12-10/h6-8H,4-5H2,1-3H3,(H,12,13). The van der Waals surface area contributed by atoms with E-state index in [-0.39, 0.29) is 0 Å². The summed E-state index contributed by atoms with van der Waals surface area (Å²) in [6.07, 6.45) is 5.60. The average molecular weight is 219 g/mol. The zero-order chi connectivity index (χ0) is 11.5. The third kappa shape index (κ3) is 1.85. The van der Waals surface area contributed by atoms with Crippen LogP contribution in [-0.4, -0.2) is 25.6 Å². The van der Waals surface area contributed by atoms with Crippen molar-refractivity contribution in [2.24, 2.45) is 0 Å². The zero-order valence-corrected chi connectivity index (χ0v) is 9.94. The van der Waals surface area contributed by atoms with E-state index in [9.17, 15) is 0 Å². The first kappa shape index (κ1) is 10.9. The van der Waals surface area contributed by atoms with Crippen LogP contribution in [0.3, 0.4) is 0 Å². The molecule has 5 heteroatoms. The monoisotopic (exact) mass is 219 g/mol. The molecule has 2 aromatic heterocycles. The van der Waals surface area contributed by atoms with Gasteiger partial charge in [0, 0.05) is 24.9 Å². The van der Waals surface area contributed by atoms with E-state index in [4.69, 9.17) is 0 Å². The molecule has 0 bridgehead atoms. The normalized spacial score (nSPS) is 12.9. The summed E-state index contributed by atoms with van der Waals surface area (Å²) in [5.74, 6) is 1.77. The van der Waals surface area contributed by atoms with Gasteiger partial charge in [-0.1, -0.05) is 13.8 Å².